The molecule has 0 spiro atoms. The molecule has 1 fully saturated rings. The van der Waals surface area contributed by atoms with Crippen LogP contribution in [0.4, 0.5) is 4.39 Å². The van der Waals surface area contributed by atoms with Gasteiger partial charge in [-0.25, -0.2) is 17.8 Å². The van der Waals surface area contributed by atoms with Gasteiger partial charge in [-0.05, 0) is 38.8 Å². The first-order valence-corrected chi connectivity index (χ1v) is 11.5. The quantitative estimate of drug-likeness (QED) is 0.671. The fourth-order valence-electron chi connectivity index (χ4n) is 3.54. The summed E-state index contributed by atoms with van der Waals surface area (Å²) in [6.07, 6.45) is 7.38. The molecule has 2 aromatic rings. The molecule has 0 aliphatic carbocycles. The maximum absolute atomic E-state index is 14.1. The average molecular weight is 410 g/mol. The number of nitrogens with zero attached hydrogens (tertiary/aromatic N) is 3. The molecule has 0 bridgehead atoms. The number of benzene rings is 1. The summed E-state index contributed by atoms with van der Waals surface area (Å²) < 4.78 is 45.8. The van der Waals surface area contributed by atoms with Gasteiger partial charge in [0.2, 0.25) is 15.0 Å². The van der Waals surface area contributed by atoms with Crippen molar-refractivity contribution in [1.29, 1.82) is 0 Å². The lowest BCUT2D eigenvalue weighted by atomic mass is 10.1. The fourth-order valence-corrected chi connectivity index (χ4v) is 4.36. The highest BCUT2D eigenvalue weighted by Crippen LogP contribution is 2.19. The Hall–Kier alpha value is -1.77. The molecule has 0 amide bonds. The van der Waals surface area contributed by atoms with Gasteiger partial charge in [-0.1, -0.05) is 18.2 Å². The SMILES string of the molecule is CN(CC[C@H]1CCCCO1)Cc1cnc(S(C)(=O)=O)n1Cc1ccccc1F. The summed E-state index contributed by atoms with van der Waals surface area (Å²) in [5, 5.41) is -0.0326. The van der Waals surface area contributed by atoms with Gasteiger partial charge in [0.15, 0.2) is 0 Å². The first-order valence-electron chi connectivity index (χ1n) is 9.62. The van der Waals surface area contributed by atoms with Gasteiger partial charge in [0, 0.05) is 31.5 Å². The zero-order valence-electron chi connectivity index (χ0n) is 16.5. The van der Waals surface area contributed by atoms with Crippen molar-refractivity contribution >= 4 is 9.84 Å². The van der Waals surface area contributed by atoms with Crippen molar-refractivity contribution < 1.29 is 17.5 Å². The minimum atomic E-state index is -3.52. The number of halogens is 1. The smallest absolute Gasteiger partial charge is 0.227 e. The van der Waals surface area contributed by atoms with E-state index in [1.54, 1.807) is 29.0 Å². The van der Waals surface area contributed by atoms with Crippen LogP contribution in [0, 0.1) is 5.82 Å². The van der Waals surface area contributed by atoms with Crippen LogP contribution in [0.3, 0.4) is 0 Å². The molecule has 154 valence electrons. The highest BCUT2D eigenvalue weighted by Gasteiger charge is 2.21. The monoisotopic (exact) mass is 409 g/mol. The molecule has 8 heteroatoms. The van der Waals surface area contributed by atoms with Crippen molar-refractivity contribution in [1.82, 2.24) is 14.5 Å². The minimum absolute atomic E-state index is 0.0326. The van der Waals surface area contributed by atoms with Gasteiger partial charge in [0.05, 0.1) is 24.5 Å². The summed E-state index contributed by atoms with van der Waals surface area (Å²) >= 11 is 0. The van der Waals surface area contributed by atoms with Crippen LogP contribution < -0.4 is 0 Å². The molecule has 1 aliphatic rings. The second-order valence-electron chi connectivity index (χ2n) is 7.50. The molecule has 6 nitrogen and oxygen atoms in total. The van der Waals surface area contributed by atoms with E-state index in [0.29, 0.717) is 18.2 Å². The predicted molar refractivity (Wildman–Crippen MR) is 105 cm³/mol. The van der Waals surface area contributed by atoms with E-state index in [-0.39, 0.29) is 17.5 Å². The van der Waals surface area contributed by atoms with Crippen molar-refractivity contribution in [3.8, 4) is 0 Å². The molecule has 1 aliphatic heterocycles. The normalized spacial score (nSPS) is 17.9. The Kier molecular flexibility index (Phi) is 6.85. The largest absolute Gasteiger partial charge is 0.378 e. The zero-order valence-corrected chi connectivity index (χ0v) is 17.3. The van der Waals surface area contributed by atoms with Crippen LogP contribution in [-0.4, -0.2) is 55.4 Å². The number of aromatic nitrogens is 2. The predicted octanol–water partition coefficient (Wildman–Crippen LogP) is 2.87. The third kappa shape index (κ3) is 5.40. The summed E-state index contributed by atoms with van der Waals surface area (Å²) in [7, 11) is -1.53. The maximum atomic E-state index is 14.1. The van der Waals surface area contributed by atoms with Crippen molar-refractivity contribution in [3.63, 3.8) is 0 Å². The molecule has 1 aromatic heterocycles. The van der Waals surface area contributed by atoms with Crippen LogP contribution in [0.5, 0.6) is 0 Å². The standard InChI is InChI=1S/C20H28FN3O3S/c1-23(11-10-18-8-5-6-12-27-18)15-17-13-22-20(28(2,25)26)24(17)14-16-7-3-4-9-19(16)21/h3-4,7,9,13,18H,5-6,8,10-12,14-15H2,1-2H3/t18-/m1/s1. The third-order valence-electron chi connectivity index (χ3n) is 5.06. The number of rotatable bonds is 8. The van der Waals surface area contributed by atoms with Gasteiger partial charge >= 0.3 is 0 Å². The molecule has 3 rings (SSSR count). The van der Waals surface area contributed by atoms with Crippen LogP contribution in [0.2, 0.25) is 0 Å². The lowest BCUT2D eigenvalue weighted by Gasteiger charge is -2.25. The Morgan fingerprint density at radius 1 is 1.32 bits per heavy atom. The van der Waals surface area contributed by atoms with Crippen molar-refractivity contribution in [2.75, 3.05) is 26.5 Å². The van der Waals surface area contributed by atoms with Gasteiger partial charge in [0.1, 0.15) is 5.82 Å². The molecule has 0 saturated carbocycles. The van der Waals surface area contributed by atoms with Gasteiger partial charge in [-0.15, -0.1) is 0 Å². The zero-order chi connectivity index (χ0) is 20.1. The van der Waals surface area contributed by atoms with E-state index in [4.69, 9.17) is 4.74 Å². The lowest BCUT2D eigenvalue weighted by molar-refractivity contribution is 0.00632. The van der Waals surface area contributed by atoms with E-state index >= 15 is 0 Å². The second-order valence-corrected chi connectivity index (χ2v) is 9.41. The van der Waals surface area contributed by atoms with E-state index in [1.165, 1.54) is 12.5 Å². The summed E-state index contributed by atoms with van der Waals surface area (Å²) in [6, 6.07) is 6.40. The molecule has 28 heavy (non-hydrogen) atoms. The van der Waals surface area contributed by atoms with Crippen molar-refractivity contribution in [2.24, 2.45) is 0 Å². The third-order valence-corrected chi connectivity index (χ3v) is 6.05. The van der Waals surface area contributed by atoms with Crippen molar-refractivity contribution in [2.45, 2.75) is 50.0 Å². The average Bonchev–Trinajstić information content (AvgIpc) is 3.05. The molecule has 2 heterocycles. The molecular formula is C20H28FN3O3S. The van der Waals surface area contributed by atoms with E-state index in [2.05, 4.69) is 9.88 Å². The van der Waals surface area contributed by atoms with Gasteiger partial charge in [0.25, 0.3) is 0 Å². The molecule has 1 atom stereocenters. The summed E-state index contributed by atoms with van der Waals surface area (Å²) in [4.78, 5) is 6.24. The van der Waals surface area contributed by atoms with E-state index in [0.717, 1.165) is 44.4 Å². The molecule has 0 radical (unpaired) electrons. The Labute approximate surface area is 166 Å². The summed E-state index contributed by atoms with van der Waals surface area (Å²) in [6.45, 7) is 2.33. The van der Waals surface area contributed by atoms with E-state index in [9.17, 15) is 12.8 Å². The lowest BCUT2D eigenvalue weighted by Crippen LogP contribution is -2.27. The van der Waals surface area contributed by atoms with Gasteiger partial charge < -0.3 is 14.2 Å². The Balaban J connectivity index is 1.74. The first-order chi connectivity index (χ1) is 13.3. The van der Waals surface area contributed by atoms with Gasteiger partial charge in [-0.2, -0.15) is 0 Å². The van der Waals surface area contributed by atoms with Crippen LogP contribution in [0.1, 0.15) is 36.9 Å². The van der Waals surface area contributed by atoms with Crippen LogP contribution in [-0.2, 0) is 27.7 Å². The second kappa shape index (κ2) is 9.15. The molecule has 0 unspecified atom stereocenters. The summed E-state index contributed by atoms with van der Waals surface area (Å²) in [5.41, 5.74) is 1.18. The molecular weight excluding hydrogens is 381 g/mol. The Morgan fingerprint density at radius 3 is 2.79 bits per heavy atom. The Morgan fingerprint density at radius 2 is 2.11 bits per heavy atom. The molecule has 1 aromatic carbocycles. The maximum Gasteiger partial charge on any atom is 0.227 e. The topological polar surface area (TPSA) is 64.4 Å². The van der Waals surface area contributed by atoms with Gasteiger partial charge in [-0.3, -0.25) is 0 Å². The number of hydrogen-bond donors (Lipinski definition) is 0. The van der Waals surface area contributed by atoms with Crippen LogP contribution >= 0.6 is 0 Å². The number of hydrogen-bond acceptors (Lipinski definition) is 5. The van der Waals surface area contributed by atoms with Crippen molar-refractivity contribution in [3.05, 3.63) is 47.5 Å². The molecule has 1 saturated heterocycles. The fraction of sp³-hybridized carbons (Fsp3) is 0.550. The molecule has 0 N–H and O–H groups in total. The Bertz CT molecular complexity index is 892. The summed E-state index contributed by atoms with van der Waals surface area (Å²) in [5.74, 6) is -0.357. The van der Waals surface area contributed by atoms with E-state index < -0.39 is 9.84 Å². The number of sulfone groups is 1. The highest BCUT2D eigenvalue weighted by atomic mass is 32.2. The highest BCUT2D eigenvalue weighted by molar-refractivity contribution is 7.90. The van der Waals surface area contributed by atoms with Crippen LogP contribution in [0.15, 0.2) is 35.6 Å². The number of ether oxygens (including phenoxy) is 1. The minimum Gasteiger partial charge on any atom is -0.378 e. The van der Waals surface area contributed by atoms with Crippen LogP contribution in [0.25, 0.3) is 0 Å². The number of imidazole rings is 1. The van der Waals surface area contributed by atoms with E-state index in [1.807, 2.05) is 7.05 Å². The first kappa shape index (κ1) is 21.0.